The third-order valence-electron chi connectivity index (χ3n) is 4.77. The molecule has 8 nitrogen and oxygen atoms in total. The highest BCUT2D eigenvalue weighted by Crippen LogP contribution is 2.28. The van der Waals surface area contributed by atoms with Gasteiger partial charge in [0.2, 0.25) is 11.8 Å². The lowest BCUT2D eigenvalue weighted by atomic mass is 10.3. The topological polar surface area (TPSA) is 75.1 Å². The molecule has 1 aromatic rings. The number of anilines is 1. The summed E-state index contributed by atoms with van der Waals surface area (Å²) in [5.41, 5.74) is 0. The third-order valence-corrected chi connectivity index (χ3v) is 5.31. The average molecular weight is 569 g/mol. The van der Waals surface area contributed by atoms with Crippen molar-refractivity contribution >= 4 is 51.8 Å². The minimum Gasteiger partial charge on any atom is -0.480 e. The molecule has 1 saturated carbocycles. The Kier molecular flexibility index (Phi) is 10.00. The second-order valence-corrected chi connectivity index (χ2v) is 7.70. The molecule has 28 heavy (non-hydrogen) atoms. The molecule has 2 heterocycles. The fourth-order valence-electron chi connectivity index (χ4n) is 3.00. The van der Waals surface area contributed by atoms with Crippen LogP contribution in [0.1, 0.15) is 19.3 Å². The first-order chi connectivity index (χ1) is 13.2. The predicted octanol–water partition coefficient (Wildman–Crippen LogP) is 2.38. The number of methoxy groups -OCH3 is 1. The Morgan fingerprint density at radius 1 is 1.32 bits per heavy atom. The standard InChI is InChI=1S/C18H29BrN6O2.HI/c1-20-17(21-6-3-11-27-13-14-4-5-14)24-7-9-25(10-8-24)18-22-12-15(19)16(23-18)26-2;/h12,14H,3-11,13H2,1-2H3,(H,20,21);1H. The summed E-state index contributed by atoms with van der Waals surface area (Å²) in [5, 5.41) is 3.44. The first-order valence-electron chi connectivity index (χ1n) is 9.56. The van der Waals surface area contributed by atoms with Gasteiger partial charge in [-0.05, 0) is 41.1 Å². The number of aliphatic imine (C=N–C) groups is 1. The molecule has 2 aliphatic rings. The zero-order valence-electron chi connectivity index (χ0n) is 16.6. The molecule has 158 valence electrons. The summed E-state index contributed by atoms with van der Waals surface area (Å²) in [4.78, 5) is 17.7. The van der Waals surface area contributed by atoms with Gasteiger partial charge in [0.05, 0.1) is 17.8 Å². The van der Waals surface area contributed by atoms with Crippen molar-refractivity contribution in [1.82, 2.24) is 20.2 Å². The lowest BCUT2D eigenvalue weighted by molar-refractivity contribution is 0.122. The van der Waals surface area contributed by atoms with E-state index in [2.05, 4.69) is 46.0 Å². The van der Waals surface area contributed by atoms with Crippen LogP contribution in [-0.4, -0.2) is 80.9 Å². The van der Waals surface area contributed by atoms with Gasteiger partial charge in [-0.3, -0.25) is 4.99 Å². The summed E-state index contributed by atoms with van der Waals surface area (Å²) in [6, 6.07) is 0. The van der Waals surface area contributed by atoms with Gasteiger partial charge >= 0.3 is 0 Å². The van der Waals surface area contributed by atoms with Crippen LogP contribution in [0.2, 0.25) is 0 Å². The Morgan fingerprint density at radius 2 is 2.07 bits per heavy atom. The number of piperazine rings is 1. The van der Waals surface area contributed by atoms with Crippen molar-refractivity contribution in [3.05, 3.63) is 10.7 Å². The van der Waals surface area contributed by atoms with E-state index in [0.29, 0.717) is 11.8 Å². The molecule has 1 N–H and O–H groups in total. The van der Waals surface area contributed by atoms with Crippen molar-refractivity contribution < 1.29 is 9.47 Å². The summed E-state index contributed by atoms with van der Waals surface area (Å²) in [6.07, 6.45) is 5.42. The third kappa shape index (κ3) is 6.87. The van der Waals surface area contributed by atoms with Crippen molar-refractivity contribution in [3.8, 4) is 5.88 Å². The number of aromatic nitrogens is 2. The maximum atomic E-state index is 5.68. The van der Waals surface area contributed by atoms with Crippen molar-refractivity contribution in [2.75, 3.05) is 65.0 Å². The maximum Gasteiger partial charge on any atom is 0.232 e. The fraction of sp³-hybridized carbons (Fsp3) is 0.722. The summed E-state index contributed by atoms with van der Waals surface area (Å²) >= 11 is 3.39. The van der Waals surface area contributed by atoms with Gasteiger partial charge in [0, 0.05) is 53.0 Å². The predicted molar refractivity (Wildman–Crippen MR) is 125 cm³/mol. The molecule has 0 amide bonds. The molecule has 0 unspecified atom stereocenters. The highest BCUT2D eigenvalue weighted by Gasteiger charge is 2.22. The highest BCUT2D eigenvalue weighted by atomic mass is 127. The molecule has 3 rings (SSSR count). The van der Waals surface area contributed by atoms with Gasteiger partial charge in [0.25, 0.3) is 0 Å². The number of nitrogens with one attached hydrogen (secondary N) is 1. The van der Waals surface area contributed by atoms with Crippen LogP contribution in [0.3, 0.4) is 0 Å². The fourth-order valence-corrected chi connectivity index (χ4v) is 3.35. The van der Waals surface area contributed by atoms with E-state index in [9.17, 15) is 0 Å². The molecular formula is C18H30BrIN6O2. The summed E-state index contributed by atoms with van der Waals surface area (Å²) in [7, 11) is 3.45. The van der Waals surface area contributed by atoms with Gasteiger partial charge in [-0.25, -0.2) is 4.98 Å². The van der Waals surface area contributed by atoms with E-state index in [1.54, 1.807) is 13.3 Å². The zero-order chi connectivity index (χ0) is 19.1. The van der Waals surface area contributed by atoms with E-state index in [1.807, 2.05) is 7.05 Å². The van der Waals surface area contributed by atoms with E-state index in [0.717, 1.165) is 68.7 Å². The number of hydrogen-bond donors (Lipinski definition) is 1. The number of halogens is 2. The first kappa shape index (κ1) is 23.4. The monoisotopic (exact) mass is 568 g/mol. The van der Waals surface area contributed by atoms with Crippen molar-refractivity contribution in [2.24, 2.45) is 10.9 Å². The molecule has 0 bridgehead atoms. The van der Waals surface area contributed by atoms with Crippen LogP contribution in [0.15, 0.2) is 15.7 Å². The van der Waals surface area contributed by atoms with Gasteiger partial charge in [-0.15, -0.1) is 24.0 Å². The molecule has 1 saturated heterocycles. The van der Waals surface area contributed by atoms with Crippen LogP contribution in [-0.2, 0) is 4.74 Å². The summed E-state index contributed by atoms with van der Waals surface area (Å²) < 4.78 is 11.7. The summed E-state index contributed by atoms with van der Waals surface area (Å²) in [6.45, 7) is 6.06. The maximum absolute atomic E-state index is 5.68. The molecule has 2 fully saturated rings. The molecular weight excluding hydrogens is 539 g/mol. The second kappa shape index (κ2) is 12.0. The van der Waals surface area contributed by atoms with Crippen LogP contribution in [0, 0.1) is 5.92 Å². The molecule has 0 aromatic carbocycles. The Hall–Kier alpha value is -0.880. The van der Waals surface area contributed by atoms with E-state index >= 15 is 0 Å². The molecule has 0 radical (unpaired) electrons. The van der Waals surface area contributed by atoms with E-state index in [-0.39, 0.29) is 24.0 Å². The lowest BCUT2D eigenvalue weighted by Crippen LogP contribution is -2.53. The van der Waals surface area contributed by atoms with Gasteiger partial charge in [-0.1, -0.05) is 0 Å². The van der Waals surface area contributed by atoms with E-state index in [1.165, 1.54) is 12.8 Å². The van der Waals surface area contributed by atoms with Crippen molar-refractivity contribution in [3.63, 3.8) is 0 Å². The lowest BCUT2D eigenvalue weighted by Gasteiger charge is -2.36. The number of ether oxygens (including phenoxy) is 2. The average Bonchev–Trinajstić information content (AvgIpc) is 3.52. The Labute approximate surface area is 192 Å². The van der Waals surface area contributed by atoms with Crippen molar-refractivity contribution in [1.29, 1.82) is 0 Å². The smallest absolute Gasteiger partial charge is 0.232 e. The number of guanidine groups is 1. The largest absolute Gasteiger partial charge is 0.480 e. The quantitative estimate of drug-likeness (QED) is 0.223. The zero-order valence-corrected chi connectivity index (χ0v) is 20.5. The molecule has 10 heteroatoms. The van der Waals surface area contributed by atoms with E-state index in [4.69, 9.17) is 9.47 Å². The number of hydrogen-bond acceptors (Lipinski definition) is 6. The minimum atomic E-state index is 0. The normalized spacial score (nSPS) is 17.3. The number of nitrogens with zero attached hydrogens (tertiary/aromatic N) is 5. The van der Waals surface area contributed by atoms with Gasteiger partial charge < -0.3 is 24.6 Å². The molecule has 1 aliphatic heterocycles. The second-order valence-electron chi connectivity index (χ2n) is 6.85. The minimum absolute atomic E-state index is 0. The summed E-state index contributed by atoms with van der Waals surface area (Å²) in [5.74, 6) is 3.04. The SMILES string of the molecule is CN=C(NCCCOCC1CC1)N1CCN(c2ncc(Br)c(OC)n2)CC1.I. The van der Waals surface area contributed by atoms with E-state index < -0.39 is 0 Å². The van der Waals surface area contributed by atoms with Gasteiger partial charge in [0.1, 0.15) is 0 Å². The molecule has 0 atom stereocenters. The van der Waals surface area contributed by atoms with Crippen LogP contribution < -0.4 is 15.0 Å². The Balaban J connectivity index is 0.00000280. The van der Waals surface area contributed by atoms with Crippen LogP contribution in [0.4, 0.5) is 5.95 Å². The van der Waals surface area contributed by atoms with Crippen LogP contribution in [0.5, 0.6) is 5.88 Å². The molecule has 1 aromatic heterocycles. The molecule has 0 spiro atoms. The highest BCUT2D eigenvalue weighted by molar-refractivity contribution is 14.0. The Bertz CT molecular complexity index is 639. The Morgan fingerprint density at radius 3 is 2.71 bits per heavy atom. The molecule has 1 aliphatic carbocycles. The van der Waals surface area contributed by atoms with Crippen molar-refractivity contribution in [2.45, 2.75) is 19.3 Å². The van der Waals surface area contributed by atoms with Gasteiger partial charge in [0.15, 0.2) is 5.96 Å². The van der Waals surface area contributed by atoms with Gasteiger partial charge in [-0.2, -0.15) is 4.98 Å². The van der Waals surface area contributed by atoms with Crippen LogP contribution >= 0.6 is 39.9 Å². The number of rotatable bonds is 8. The first-order valence-corrected chi connectivity index (χ1v) is 10.4. The van der Waals surface area contributed by atoms with Crippen LogP contribution in [0.25, 0.3) is 0 Å².